The monoisotopic (exact) mass is 480 g/mol. The first-order valence-electron chi connectivity index (χ1n) is 7.83. The van der Waals surface area contributed by atoms with E-state index in [1.54, 1.807) is 12.1 Å². The number of benzene rings is 2. The summed E-state index contributed by atoms with van der Waals surface area (Å²) in [6.07, 6.45) is 0. The molecule has 1 saturated heterocycles. The highest BCUT2D eigenvalue weighted by molar-refractivity contribution is 9.10. The lowest BCUT2D eigenvalue weighted by Crippen LogP contribution is -2.50. The first kappa shape index (κ1) is 20.3. The van der Waals surface area contributed by atoms with E-state index in [0.717, 1.165) is 16.4 Å². The number of sulfonamides is 2. The van der Waals surface area contributed by atoms with Gasteiger partial charge in [-0.15, -0.1) is 0 Å². The Morgan fingerprint density at radius 2 is 1.26 bits per heavy atom. The highest BCUT2D eigenvalue weighted by atomic mass is 79.9. The van der Waals surface area contributed by atoms with Crippen LogP contribution >= 0.6 is 15.9 Å². The Kier molecular flexibility index (Phi) is 5.69. The summed E-state index contributed by atoms with van der Waals surface area (Å²) < 4.78 is 79.8. The molecule has 3 rings (SSSR count). The molecule has 0 N–H and O–H groups in total. The van der Waals surface area contributed by atoms with Gasteiger partial charge in [0.05, 0.1) is 9.79 Å². The quantitative estimate of drug-likeness (QED) is 0.673. The van der Waals surface area contributed by atoms with E-state index < -0.39 is 31.7 Å². The van der Waals surface area contributed by atoms with Gasteiger partial charge in [0.15, 0.2) is 11.6 Å². The molecule has 1 aliphatic rings. The van der Waals surface area contributed by atoms with Crippen LogP contribution in [0.25, 0.3) is 0 Å². The molecule has 0 atom stereocenters. The smallest absolute Gasteiger partial charge is 0.207 e. The molecular weight excluding hydrogens is 466 g/mol. The third-order valence-corrected chi connectivity index (χ3v) is 8.44. The number of hydrogen-bond donors (Lipinski definition) is 0. The Hall–Kier alpha value is -1.40. The Morgan fingerprint density at radius 1 is 0.741 bits per heavy atom. The van der Waals surface area contributed by atoms with Crippen molar-refractivity contribution in [3.63, 3.8) is 0 Å². The predicted molar refractivity (Wildman–Crippen MR) is 98.0 cm³/mol. The third-order valence-electron chi connectivity index (χ3n) is 4.16. The van der Waals surface area contributed by atoms with Crippen molar-refractivity contribution in [2.75, 3.05) is 26.2 Å². The molecule has 0 bridgehead atoms. The van der Waals surface area contributed by atoms with Crippen LogP contribution in [0.15, 0.2) is 56.7 Å². The molecule has 1 heterocycles. The standard InChI is InChI=1S/C16H15BrF2N2O4S2/c17-12-2-1-3-13(10-12)26(22,23)20-6-8-21(9-7-20)27(24,25)14-4-5-15(18)16(19)11-14/h1-5,10-11H,6-9H2. The van der Waals surface area contributed by atoms with Gasteiger partial charge in [0.2, 0.25) is 20.0 Å². The SMILES string of the molecule is O=S(=O)(c1cccc(Br)c1)N1CCN(S(=O)(=O)c2ccc(F)c(F)c2)CC1. The summed E-state index contributed by atoms with van der Waals surface area (Å²) in [5.41, 5.74) is 0. The van der Waals surface area contributed by atoms with Crippen molar-refractivity contribution in [1.29, 1.82) is 0 Å². The summed E-state index contributed by atoms with van der Waals surface area (Å²) in [7, 11) is -7.80. The van der Waals surface area contributed by atoms with Gasteiger partial charge in [-0.2, -0.15) is 8.61 Å². The van der Waals surface area contributed by atoms with Crippen LogP contribution in [0.2, 0.25) is 0 Å². The zero-order chi connectivity index (χ0) is 19.8. The van der Waals surface area contributed by atoms with E-state index in [0.29, 0.717) is 10.5 Å². The summed E-state index contributed by atoms with van der Waals surface area (Å²) in [5, 5.41) is 0. The van der Waals surface area contributed by atoms with Crippen LogP contribution in [-0.2, 0) is 20.0 Å². The molecule has 2 aromatic rings. The molecular formula is C16H15BrF2N2O4S2. The van der Waals surface area contributed by atoms with Crippen LogP contribution in [0.4, 0.5) is 8.78 Å². The fourth-order valence-corrected chi connectivity index (χ4v) is 6.17. The lowest BCUT2D eigenvalue weighted by molar-refractivity contribution is 0.272. The van der Waals surface area contributed by atoms with Crippen molar-refractivity contribution in [3.05, 3.63) is 58.6 Å². The molecule has 0 saturated carbocycles. The molecule has 6 nitrogen and oxygen atoms in total. The van der Waals surface area contributed by atoms with Gasteiger partial charge in [-0.25, -0.2) is 25.6 Å². The summed E-state index contributed by atoms with van der Waals surface area (Å²) in [4.78, 5) is -0.265. The summed E-state index contributed by atoms with van der Waals surface area (Å²) in [6, 6.07) is 8.58. The highest BCUT2D eigenvalue weighted by Crippen LogP contribution is 2.24. The van der Waals surface area contributed by atoms with E-state index in [1.165, 1.54) is 16.4 Å². The summed E-state index contributed by atoms with van der Waals surface area (Å²) in [6.45, 7) is -0.265. The van der Waals surface area contributed by atoms with Gasteiger partial charge in [0, 0.05) is 30.7 Å². The minimum Gasteiger partial charge on any atom is -0.207 e. The van der Waals surface area contributed by atoms with Crippen LogP contribution in [0.1, 0.15) is 0 Å². The molecule has 11 heteroatoms. The summed E-state index contributed by atoms with van der Waals surface area (Å²) >= 11 is 3.22. The fourth-order valence-electron chi connectivity index (χ4n) is 2.71. The van der Waals surface area contributed by atoms with Crippen molar-refractivity contribution in [2.45, 2.75) is 9.79 Å². The van der Waals surface area contributed by atoms with E-state index in [1.807, 2.05) is 0 Å². The molecule has 27 heavy (non-hydrogen) atoms. The molecule has 1 aliphatic heterocycles. The highest BCUT2D eigenvalue weighted by Gasteiger charge is 2.34. The van der Waals surface area contributed by atoms with Crippen LogP contribution in [0.3, 0.4) is 0 Å². The summed E-state index contributed by atoms with van der Waals surface area (Å²) in [5.74, 6) is -2.40. The number of hydrogen-bond acceptors (Lipinski definition) is 4. The maximum atomic E-state index is 13.4. The zero-order valence-corrected chi connectivity index (χ0v) is 17.1. The molecule has 0 radical (unpaired) electrons. The average molecular weight is 481 g/mol. The van der Waals surface area contributed by atoms with Gasteiger partial charge in [-0.3, -0.25) is 0 Å². The van der Waals surface area contributed by atoms with E-state index in [4.69, 9.17) is 0 Å². The second kappa shape index (κ2) is 7.55. The van der Waals surface area contributed by atoms with Gasteiger partial charge in [-0.05, 0) is 36.4 Å². The topological polar surface area (TPSA) is 74.8 Å². The molecule has 0 aliphatic carbocycles. The Balaban J connectivity index is 1.77. The fraction of sp³-hybridized carbons (Fsp3) is 0.250. The van der Waals surface area contributed by atoms with Crippen molar-refractivity contribution in [2.24, 2.45) is 0 Å². The second-order valence-corrected chi connectivity index (χ2v) is 10.6. The van der Waals surface area contributed by atoms with Crippen LogP contribution < -0.4 is 0 Å². The zero-order valence-electron chi connectivity index (χ0n) is 13.8. The predicted octanol–water partition coefficient (Wildman–Crippen LogP) is 2.42. The lowest BCUT2D eigenvalue weighted by atomic mass is 10.3. The molecule has 2 aromatic carbocycles. The molecule has 0 aromatic heterocycles. The van der Waals surface area contributed by atoms with E-state index in [9.17, 15) is 25.6 Å². The van der Waals surface area contributed by atoms with Crippen molar-refractivity contribution in [3.8, 4) is 0 Å². The molecule has 0 amide bonds. The largest absolute Gasteiger partial charge is 0.243 e. The lowest BCUT2D eigenvalue weighted by Gasteiger charge is -2.33. The number of rotatable bonds is 4. The molecule has 0 unspecified atom stereocenters. The molecule has 0 spiro atoms. The van der Waals surface area contributed by atoms with Crippen LogP contribution in [0, 0.1) is 11.6 Å². The van der Waals surface area contributed by atoms with Crippen molar-refractivity contribution in [1.82, 2.24) is 8.61 Å². The van der Waals surface area contributed by atoms with Gasteiger partial charge in [0.25, 0.3) is 0 Å². The minimum absolute atomic E-state index is 0.0439. The van der Waals surface area contributed by atoms with Gasteiger partial charge in [-0.1, -0.05) is 22.0 Å². The number of halogens is 3. The Labute approximate surface area is 164 Å². The van der Waals surface area contributed by atoms with Gasteiger partial charge < -0.3 is 0 Å². The maximum Gasteiger partial charge on any atom is 0.243 e. The normalized spacial score (nSPS) is 17.1. The minimum atomic E-state index is -4.04. The van der Waals surface area contributed by atoms with Crippen LogP contribution in [0.5, 0.6) is 0 Å². The van der Waals surface area contributed by atoms with Gasteiger partial charge in [0.1, 0.15) is 0 Å². The second-order valence-electron chi connectivity index (χ2n) is 5.84. The van der Waals surface area contributed by atoms with Crippen LogP contribution in [-0.4, -0.2) is 51.6 Å². The third kappa shape index (κ3) is 4.06. The Bertz CT molecular complexity index is 1070. The Morgan fingerprint density at radius 3 is 1.74 bits per heavy atom. The average Bonchev–Trinajstić information content (AvgIpc) is 2.64. The van der Waals surface area contributed by atoms with E-state index in [-0.39, 0.29) is 36.0 Å². The van der Waals surface area contributed by atoms with Crippen molar-refractivity contribution >= 4 is 36.0 Å². The first-order valence-corrected chi connectivity index (χ1v) is 11.5. The molecule has 1 fully saturated rings. The maximum absolute atomic E-state index is 13.4. The first-order chi connectivity index (χ1) is 12.6. The van der Waals surface area contributed by atoms with Gasteiger partial charge >= 0.3 is 0 Å². The number of piperazine rings is 1. The molecule has 146 valence electrons. The number of nitrogens with zero attached hydrogens (tertiary/aromatic N) is 2. The van der Waals surface area contributed by atoms with Crippen molar-refractivity contribution < 1.29 is 25.6 Å². The van der Waals surface area contributed by atoms with E-state index in [2.05, 4.69) is 15.9 Å². The van der Waals surface area contributed by atoms with E-state index >= 15 is 0 Å².